The third kappa shape index (κ3) is 2.39. The van der Waals surface area contributed by atoms with Gasteiger partial charge < -0.3 is 9.72 Å². The molecule has 122 valence electrons. The summed E-state index contributed by atoms with van der Waals surface area (Å²) in [6.07, 6.45) is 0. The molecule has 0 aliphatic carbocycles. The highest BCUT2D eigenvalue weighted by molar-refractivity contribution is 7.19. The minimum atomic E-state index is 0.750. The Labute approximate surface area is 141 Å². The van der Waals surface area contributed by atoms with E-state index in [1.807, 2.05) is 16.6 Å². The largest absolute Gasteiger partial charge is 0.379 e. The Morgan fingerprint density at radius 3 is 2.92 bits per heavy atom. The van der Waals surface area contributed by atoms with E-state index in [0.29, 0.717) is 0 Å². The molecule has 0 atom stereocenters. The van der Waals surface area contributed by atoms with E-state index in [1.54, 1.807) is 11.3 Å². The number of para-hydroxylation sites is 1. The van der Waals surface area contributed by atoms with Crippen LogP contribution in [-0.2, 0) is 11.3 Å². The molecule has 1 aromatic carbocycles. The second kappa shape index (κ2) is 5.66. The zero-order valence-electron chi connectivity index (χ0n) is 13.0. The zero-order valence-corrected chi connectivity index (χ0v) is 13.8. The fraction of sp³-hybridized carbons (Fsp3) is 0.312. The fourth-order valence-corrected chi connectivity index (χ4v) is 3.84. The van der Waals surface area contributed by atoms with Gasteiger partial charge in [0.1, 0.15) is 0 Å². The van der Waals surface area contributed by atoms with Gasteiger partial charge in [0, 0.05) is 24.0 Å². The van der Waals surface area contributed by atoms with Gasteiger partial charge >= 0.3 is 0 Å². The highest BCUT2D eigenvalue weighted by Crippen LogP contribution is 2.28. The number of ether oxygens (including phenoxy) is 1. The smallest absolute Gasteiger partial charge is 0.235 e. The van der Waals surface area contributed by atoms with E-state index in [-0.39, 0.29) is 0 Å². The average Bonchev–Trinajstić information content (AvgIpc) is 3.30. The van der Waals surface area contributed by atoms with Gasteiger partial charge in [-0.05, 0) is 12.1 Å². The Balaban J connectivity index is 1.49. The number of aromatic amines is 1. The lowest BCUT2D eigenvalue weighted by molar-refractivity contribution is 0.0328. The van der Waals surface area contributed by atoms with E-state index in [9.17, 15) is 0 Å². The molecule has 4 heterocycles. The maximum atomic E-state index is 5.39. The molecular formula is C16H16N6OS. The van der Waals surface area contributed by atoms with Gasteiger partial charge in [-0.2, -0.15) is 9.61 Å². The van der Waals surface area contributed by atoms with Crippen LogP contribution in [0.3, 0.4) is 0 Å². The lowest BCUT2D eigenvalue weighted by Crippen LogP contribution is -2.36. The highest BCUT2D eigenvalue weighted by atomic mass is 32.1. The first-order chi connectivity index (χ1) is 11.9. The highest BCUT2D eigenvalue weighted by Gasteiger charge is 2.18. The monoisotopic (exact) mass is 340 g/mol. The topological polar surface area (TPSA) is 71.3 Å². The third-order valence-electron chi connectivity index (χ3n) is 4.28. The number of hydrogen-bond donors (Lipinski definition) is 1. The molecule has 0 unspecified atom stereocenters. The van der Waals surface area contributed by atoms with Gasteiger partial charge in [-0.1, -0.05) is 29.5 Å². The molecule has 0 amide bonds. The van der Waals surface area contributed by atoms with E-state index < -0.39 is 0 Å². The predicted octanol–water partition coefficient (Wildman–Crippen LogP) is 2.17. The number of benzene rings is 1. The van der Waals surface area contributed by atoms with Gasteiger partial charge in [-0.15, -0.1) is 10.2 Å². The number of nitrogens with zero attached hydrogens (tertiary/aromatic N) is 5. The van der Waals surface area contributed by atoms with Crippen LogP contribution in [0.5, 0.6) is 0 Å². The van der Waals surface area contributed by atoms with Crippen LogP contribution in [0.2, 0.25) is 0 Å². The maximum Gasteiger partial charge on any atom is 0.235 e. The molecule has 1 N–H and O–H groups in total. The van der Waals surface area contributed by atoms with Gasteiger partial charge in [0.15, 0.2) is 10.8 Å². The van der Waals surface area contributed by atoms with E-state index in [4.69, 9.17) is 9.84 Å². The van der Waals surface area contributed by atoms with Crippen molar-refractivity contribution in [3.63, 3.8) is 0 Å². The summed E-state index contributed by atoms with van der Waals surface area (Å²) >= 11 is 1.55. The van der Waals surface area contributed by atoms with Gasteiger partial charge in [-0.3, -0.25) is 4.90 Å². The molecule has 5 rings (SSSR count). The molecule has 7 nitrogen and oxygen atoms in total. The normalized spacial score (nSPS) is 16.3. The van der Waals surface area contributed by atoms with Crippen molar-refractivity contribution in [2.24, 2.45) is 0 Å². The molecule has 1 aliphatic heterocycles. The summed E-state index contributed by atoms with van der Waals surface area (Å²) in [5.41, 5.74) is 2.14. The summed E-state index contributed by atoms with van der Waals surface area (Å²) in [5, 5.41) is 15.4. The van der Waals surface area contributed by atoms with Crippen LogP contribution in [0.15, 0.2) is 30.3 Å². The standard InChI is InChI=1S/C16H16N6OS/c1-2-4-12-11(3-1)9-13(17-12)15-20-22-14(18-19-16(22)24-15)10-21-5-7-23-8-6-21/h1-4,9,17H,5-8,10H2. The molecule has 1 fully saturated rings. The summed E-state index contributed by atoms with van der Waals surface area (Å²) in [4.78, 5) is 6.57. The van der Waals surface area contributed by atoms with Crippen molar-refractivity contribution in [3.8, 4) is 10.7 Å². The number of H-pyrrole nitrogens is 1. The molecule has 3 aromatic heterocycles. The van der Waals surface area contributed by atoms with Crippen molar-refractivity contribution in [2.45, 2.75) is 6.54 Å². The predicted molar refractivity (Wildman–Crippen MR) is 92.0 cm³/mol. The van der Waals surface area contributed by atoms with Crippen LogP contribution in [0, 0.1) is 0 Å². The van der Waals surface area contributed by atoms with Gasteiger partial charge in [0.2, 0.25) is 4.96 Å². The SMILES string of the molecule is c1ccc2[nH]c(-c3nn4c(CN5CCOCC5)nnc4s3)cc2c1. The molecule has 1 saturated heterocycles. The molecular weight excluding hydrogens is 324 g/mol. The van der Waals surface area contributed by atoms with Crippen molar-refractivity contribution < 1.29 is 4.74 Å². The average molecular weight is 340 g/mol. The summed E-state index contributed by atoms with van der Waals surface area (Å²) in [5.74, 6) is 0.880. The van der Waals surface area contributed by atoms with Gasteiger partial charge in [0.25, 0.3) is 0 Å². The van der Waals surface area contributed by atoms with Crippen LogP contribution < -0.4 is 0 Å². The second-order valence-electron chi connectivity index (χ2n) is 5.88. The number of hydrogen-bond acceptors (Lipinski definition) is 6. The maximum absolute atomic E-state index is 5.39. The van der Waals surface area contributed by atoms with Crippen molar-refractivity contribution in [1.29, 1.82) is 0 Å². The van der Waals surface area contributed by atoms with Crippen LogP contribution in [0.25, 0.3) is 26.6 Å². The number of nitrogens with one attached hydrogen (secondary N) is 1. The van der Waals surface area contributed by atoms with Crippen molar-refractivity contribution >= 4 is 27.2 Å². The van der Waals surface area contributed by atoms with Crippen LogP contribution >= 0.6 is 11.3 Å². The van der Waals surface area contributed by atoms with E-state index in [1.165, 1.54) is 5.39 Å². The first kappa shape index (κ1) is 14.1. The van der Waals surface area contributed by atoms with Crippen LogP contribution in [0.1, 0.15) is 5.82 Å². The molecule has 8 heteroatoms. The van der Waals surface area contributed by atoms with Crippen molar-refractivity contribution in [1.82, 2.24) is 29.7 Å². The molecule has 0 radical (unpaired) electrons. The Morgan fingerprint density at radius 2 is 2.04 bits per heavy atom. The number of fused-ring (bicyclic) bond motifs is 2. The summed E-state index contributed by atoms with van der Waals surface area (Å²) in [7, 11) is 0. The fourth-order valence-electron chi connectivity index (χ4n) is 3.01. The first-order valence-electron chi connectivity index (χ1n) is 7.96. The van der Waals surface area contributed by atoms with E-state index in [0.717, 1.165) is 59.9 Å². The zero-order chi connectivity index (χ0) is 15.9. The molecule has 4 aromatic rings. The summed E-state index contributed by atoms with van der Waals surface area (Å²) < 4.78 is 7.26. The molecule has 0 saturated carbocycles. The number of aromatic nitrogens is 5. The van der Waals surface area contributed by atoms with E-state index in [2.05, 4.69) is 38.3 Å². The molecule has 1 aliphatic rings. The van der Waals surface area contributed by atoms with E-state index >= 15 is 0 Å². The summed E-state index contributed by atoms with van der Waals surface area (Å²) in [6, 6.07) is 10.4. The quantitative estimate of drug-likeness (QED) is 0.619. The third-order valence-corrected chi connectivity index (χ3v) is 5.22. The Bertz CT molecular complexity index is 963. The van der Waals surface area contributed by atoms with Gasteiger partial charge in [0.05, 0.1) is 25.5 Å². The number of rotatable bonds is 3. The van der Waals surface area contributed by atoms with Crippen molar-refractivity contribution in [3.05, 3.63) is 36.2 Å². The Kier molecular flexibility index (Phi) is 3.32. The molecule has 0 bridgehead atoms. The number of morpholine rings is 1. The van der Waals surface area contributed by atoms with Crippen molar-refractivity contribution in [2.75, 3.05) is 26.3 Å². The Morgan fingerprint density at radius 1 is 1.17 bits per heavy atom. The minimum Gasteiger partial charge on any atom is -0.379 e. The van der Waals surface area contributed by atoms with Crippen LogP contribution in [-0.4, -0.2) is 56.0 Å². The first-order valence-corrected chi connectivity index (χ1v) is 8.78. The van der Waals surface area contributed by atoms with Crippen LogP contribution in [0.4, 0.5) is 0 Å². The molecule has 24 heavy (non-hydrogen) atoms. The summed E-state index contributed by atoms with van der Waals surface area (Å²) in [6.45, 7) is 4.15. The lowest BCUT2D eigenvalue weighted by atomic mass is 10.2. The minimum absolute atomic E-state index is 0.750. The molecule has 0 spiro atoms. The lowest BCUT2D eigenvalue weighted by Gasteiger charge is -2.25. The second-order valence-corrected chi connectivity index (χ2v) is 6.83. The van der Waals surface area contributed by atoms with Gasteiger partial charge in [-0.25, -0.2) is 0 Å². The Hall–Kier alpha value is -2.29.